The van der Waals surface area contributed by atoms with Crippen molar-refractivity contribution in [3.05, 3.63) is 24.3 Å². The minimum atomic E-state index is -0.537. The van der Waals surface area contributed by atoms with E-state index >= 15 is 0 Å². The first-order chi connectivity index (χ1) is 9.87. The van der Waals surface area contributed by atoms with Gasteiger partial charge in [0, 0.05) is 24.8 Å². The number of rotatable bonds is 6. The molecule has 1 rings (SSSR count). The molecule has 4 nitrogen and oxygen atoms in total. The minimum absolute atomic E-state index is 0.480. The summed E-state index contributed by atoms with van der Waals surface area (Å²) >= 11 is 11.7. The van der Waals surface area contributed by atoms with Gasteiger partial charge < -0.3 is 9.64 Å². The Morgan fingerprint density at radius 2 is 1.76 bits per heavy atom. The average molecular weight is 333 g/mol. The Labute approximate surface area is 136 Å². The highest BCUT2D eigenvalue weighted by molar-refractivity contribution is 6.18. The number of halogens is 2. The molecule has 0 atom stereocenters. The number of hydrogen-bond donors (Lipinski definition) is 1. The van der Waals surface area contributed by atoms with Crippen LogP contribution in [-0.2, 0) is 4.74 Å². The van der Waals surface area contributed by atoms with E-state index in [1.54, 1.807) is 0 Å². The van der Waals surface area contributed by atoms with Crippen molar-refractivity contribution in [1.29, 1.82) is 0 Å². The third kappa shape index (κ3) is 6.44. The zero-order valence-corrected chi connectivity index (χ0v) is 14.2. The molecule has 1 aromatic carbocycles. The van der Waals surface area contributed by atoms with Crippen LogP contribution in [0.1, 0.15) is 20.8 Å². The van der Waals surface area contributed by atoms with Crippen molar-refractivity contribution in [3.8, 4) is 0 Å². The number of hydrogen-bond acceptors (Lipinski definition) is 3. The van der Waals surface area contributed by atoms with E-state index in [1.165, 1.54) is 0 Å². The first-order valence-electron chi connectivity index (χ1n) is 6.83. The Morgan fingerprint density at radius 3 is 2.29 bits per heavy atom. The lowest BCUT2D eigenvalue weighted by molar-refractivity contribution is 0.0636. The van der Waals surface area contributed by atoms with Crippen LogP contribution in [0.4, 0.5) is 16.2 Å². The van der Waals surface area contributed by atoms with Crippen LogP contribution in [0.15, 0.2) is 24.3 Å². The number of carbonyl (C=O) groups is 1. The van der Waals surface area contributed by atoms with Crippen LogP contribution in [0.3, 0.4) is 0 Å². The van der Waals surface area contributed by atoms with Crippen LogP contribution in [0, 0.1) is 0 Å². The van der Waals surface area contributed by atoms with Crippen LogP contribution < -0.4 is 10.2 Å². The van der Waals surface area contributed by atoms with Crippen molar-refractivity contribution in [2.75, 3.05) is 35.1 Å². The lowest BCUT2D eigenvalue weighted by Gasteiger charge is -2.26. The van der Waals surface area contributed by atoms with Crippen molar-refractivity contribution < 1.29 is 9.53 Å². The van der Waals surface area contributed by atoms with Crippen molar-refractivity contribution in [1.82, 2.24) is 0 Å². The van der Waals surface area contributed by atoms with E-state index in [-0.39, 0.29) is 0 Å². The van der Waals surface area contributed by atoms with E-state index < -0.39 is 11.7 Å². The van der Waals surface area contributed by atoms with E-state index in [0.29, 0.717) is 30.5 Å². The Bertz CT molecular complexity index is 455. The molecule has 0 fully saturated rings. The van der Waals surface area contributed by atoms with Crippen molar-refractivity contribution in [2.24, 2.45) is 0 Å². The predicted octanol–water partition coefficient (Wildman–Crippen LogP) is 4.32. The molecular formula is C15H22Cl2N2O2. The van der Waals surface area contributed by atoms with Gasteiger partial charge >= 0.3 is 6.09 Å². The zero-order valence-electron chi connectivity index (χ0n) is 12.7. The summed E-state index contributed by atoms with van der Waals surface area (Å²) < 4.78 is 5.28. The third-order valence-corrected chi connectivity index (χ3v) is 2.93. The largest absolute Gasteiger partial charge is 0.444 e. The Kier molecular flexibility index (Phi) is 7.12. The molecule has 1 N–H and O–H groups in total. The second kappa shape index (κ2) is 8.35. The Hall–Kier alpha value is -1.13. The smallest absolute Gasteiger partial charge is 0.412 e. The molecule has 1 amide bonds. The number of alkyl halides is 2. The molecule has 0 spiro atoms. The fraction of sp³-hybridized carbons (Fsp3) is 0.533. The van der Waals surface area contributed by atoms with Gasteiger partial charge in [-0.05, 0) is 32.9 Å². The summed E-state index contributed by atoms with van der Waals surface area (Å²) in [6, 6.07) is 7.52. The molecule has 0 aliphatic rings. The van der Waals surface area contributed by atoms with Gasteiger partial charge in [0.2, 0.25) is 0 Å². The van der Waals surface area contributed by atoms with Crippen LogP contribution in [-0.4, -0.2) is 36.5 Å². The summed E-state index contributed by atoms with van der Waals surface area (Å²) in [6.07, 6.45) is -0.480. The molecule has 0 saturated heterocycles. The molecule has 0 saturated carbocycles. The monoisotopic (exact) mass is 332 g/mol. The van der Waals surface area contributed by atoms with Gasteiger partial charge in [-0.1, -0.05) is 12.1 Å². The number of nitrogens with zero attached hydrogens (tertiary/aromatic N) is 1. The molecule has 118 valence electrons. The number of benzene rings is 1. The first-order valence-corrected chi connectivity index (χ1v) is 7.90. The second-order valence-electron chi connectivity index (χ2n) is 5.51. The van der Waals surface area contributed by atoms with Gasteiger partial charge in [0.1, 0.15) is 5.60 Å². The first kappa shape index (κ1) is 17.9. The van der Waals surface area contributed by atoms with Crippen LogP contribution >= 0.6 is 23.2 Å². The Morgan fingerprint density at radius 1 is 1.19 bits per heavy atom. The molecule has 1 aromatic rings. The number of nitrogens with one attached hydrogen (secondary N) is 1. The number of para-hydroxylation sites is 2. The molecule has 21 heavy (non-hydrogen) atoms. The fourth-order valence-corrected chi connectivity index (χ4v) is 2.23. The minimum Gasteiger partial charge on any atom is -0.444 e. The molecule has 0 bridgehead atoms. The van der Waals surface area contributed by atoms with Crippen LogP contribution in [0.5, 0.6) is 0 Å². The van der Waals surface area contributed by atoms with Gasteiger partial charge in [-0.15, -0.1) is 23.2 Å². The van der Waals surface area contributed by atoms with Gasteiger partial charge in [0.05, 0.1) is 11.4 Å². The third-order valence-electron chi connectivity index (χ3n) is 2.59. The highest BCUT2D eigenvalue weighted by Crippen LogP contribution is 2.26. The highest BCUT2D eigenvalue weighted by Gasteiger charge is 2.18. The SMILES string of the molecule is CC(C)(C)OC(=O)Nc1ccccc1N(CCCl)CCCl. The normalized spacial score (nSPS) is 11.1. The summed E-state index contributed by atoms with van der Waals surface area (Å²) in [7, 11) is 0. The molecule has 0 aliphatic carbocycles. The van der Waals surface area contributed by atoms with E-state index in [9.17, 15) is 4.79 Å². The molecule has 0 aromatic heterocycles. The number of amides is 1. The van der Waals surface area contributed by atoms with E-state index in [4.69, 9.17) is 27.9 Å². The summed E-state index contributed by atoms with van der Waals surface area (Å²) in [6.45, 7) is 6.78. The quantitative estimate of drug-likeness (QED) is 0.789. The molecule has 0 unspecified atom stereocenters. The highest BCUT2D eigenvalue weighted by atomic mass is 35.5. The fourth-order valence-electron chi connectivity index (χ4n) is 1.83. The topological polar surface area (TPSA) is 41.6 Å². The van der Waals surface area contributed by atoms with Gasteiger partial charge in [0.25, 0.3) is 0 Å². The molecular weight excluding hydrogens is 311 g/mol. The maximum absolute atomic E-state index is 11.9. The van der Waals surface area contributed by atoms with Gasteiger partial charge in [-0.3, -0.25) is 5.32 Å². The molecule has 0 aliphatic heterocycles. The second-order valence-corrected chi connectivity index (χ2v) is 6.26. The van der Waals surface area contributed by atoms with E-state index in [0.717, 1.165) is 5.69 Å². The summed E-state index contributed by atoms with van der Waals surface area (Å²) in [5.41, 5.74) is 1.02. The van der Waals surface area contributed by atoms with E-state index in [1.807, 2.05) is 49.9 Å². The maximum atomic E-state index is 11.9. The maximum Gasteiger partial charge on any atom is 0.412 e. The standard InChI is InChI=1S/C15H22Cl2N2O2/c1-15(2,3)21-14(20)18-12-6-4-5-7-13(12)19(10-8-16)11-9-17/h4-7H,8-11H2,1-3H3,(H,18,20). The zero-order chi connectivity index (χ0) is 15.9. The average Bonchev–Trinajstić information content (AvgIpc) is 2.37. The predicted molar refractivity (Wildman–Crippen MR) is 90.0 cm³/mol. The number of ether oxygens (including phenoxy) is 1. The van der Waals surface area contributed by atoms with Crippen LogP contribution in [0.2, 0.25) is 0 Å². The van der Waals surface area contributed by atoms with Gasteiger partial charge in [0.15, 0.2) is 0 Å². The number of anilines is 2. The molecule has 6 heteroatoms. The van der Waals surface area contributed by atoms with Crippen LogP contribution in [0.25, 0.3) is 0 Å². The van der Waals surface area contributed by atoms with Gasteiger partial charge in [-0.2, -0.15) is 0 Å². The summed E-state index contributed by atoms with van der Waals surface area (Å²) in [4.78, 5) is 13.9. The molecule has 0 heterocycles. The summed E-state index contributed by atoms with van der Waals surface area (Å²) in [5.74, 6) is 0.968. The number of carbonyl (C=O) groups excluding carboxylic acids is 1. The van der Waals surface area contributed by atoms with Crippen molar-refractivity contribution in [2.45, 2.75) is 26.4 Å². The lowest BCUT2D eigenvalue weighted by Crippen LogP contribution is -2.30. The van der Waals surface area contributed by atoms with E-state index in [2.05, 4.69) is 5.32 Å². The summed E-state index contributed by atoms with van der Waals surface area (Å²) in [5, 5.41) is 2.78. The lowest BCUT2D eigenvalue weighted by atomic mass is 10.2. The molecule has 0 radical (unpaired) electrons. The van der Waals surface area contributed by atoms with Crippen molar-refractivity contribution in [3.63, 3.8) is 0 Å². The Balaban J connectivity index is 2.90. The van der Waals surface area contributed by atoms with Gasteiger partial charge in [-0.25, -0.2) is 4.79 Å². The van der Waals surface area contributed by atoms with Crippen molar-refractivity contribution >= 4 is 40.7 Å².